The number of hydrogen-bond donors (Lipinski definition) is 1. The normalized spacial score (nSPS) is 13.0. The van der Waals surface area contributed by atoms with Crippen LogP contribution in [-0.4, -0.2) is 42.3 Å². The summed E-state index contributed by atoms with van der Waals surface area (Å²) in [6, 6.07) is 9.89. The van der Waals surface area contributed by atoms with E-state index >= 15 is 0 Å². The Morgan fingerprint density at radius 3 is 2.74 bits per heavy atom. The molecule has 142 valence electrons. The molecule has 27 heavy (non-hydrogen) atoms. The smallest absolute Gasteiger partial charge is 0.321 e. The summed E-state index contributed by atoms with van der Waals surface area (Å²) < 4.78 is 31.0. The zero-order valence-corrected chi connectivity index (χ0v) is 16.2. The van der Waals surface area contributed by atoms with Crippen molar-refractivity contribution in [2.45, 2.75) is 17.2 Å². The molecule has 0 aliphatic carbocycles. The Balaban J connectivity index is 1.72. The van der Waals surface area contributed by atoms with Crippen molar-refractivity contribution in [3.05, 3.63) is 58.0 Å². The van der Waals surface area contributed by atoms with E-state index < -0.39 is 28.6 Å². The predicted molar refractivity (Wildman–Crippen MR) is 101 cm³/mol. The maximum absolute atomic E-state index is 12.3. The standard InChI is InChI=1S/C17H17N3O5S2/c1-11(16-18-13-7-4-3-6-12(13)17(22)19-16)25-14(21)10-20(2)27(23,24)15-8-5-9-26-15/h3-9,11H,10H2,1-2H3,(H,18,19,22). The molecule has 0 amide bonds. The number of aromatic amines is 1. The molecule has 2 heterocycles. The minimum Gasteiger partial charge on any atom is -0.454 e. The topological polar surface area (TPSA) is 109 Å². The van der Waals surface area contributed by atoms with Gasteiger partial charge in [-0.2, -0.15) is 4.31 Å². The molecule has 0 aliphatic heterocycles. The van der Waals surface area contributed by atoms with Crippen molar-refractivity contribution in [1.29, 1.82) is 0 Å². The molecule has 0 aliphatic rings. The van der Waals surface area contributed by atoms with Crippen LogP contribution < -0.4 is 5.56 Å². The van der Waals surface area contributed by atoms with Crippen LogP contribution in [0.2, 0.25) is 0 Å². The fourth-order valence-corrected chi connectivity index (χ4v) is 4.73. The Bertz CT molecular complexity index is 1120. The molecule has 0 saturated heterocycles. The second-order valence-corrected chi connectivity index (χ2v) is 9.01. The molecule has 1 aromatic carbocycles. The Kier molecular flexibility index (Phi) is 5.40. The minimum atomic E-state index is -3.75. The number of sulfonamides is 1. The summed E-state index contributed by atoms with van der Waals surface area (Å²) in [6.45, 7) is 1.10. The summed E-state index contributed by atoms with van der Waals surface area (Å²) in [6.07, 6.45) is -0.840. The molecule has 3 rings (SSSR count). The van der Waals surface area contributed by atoms with Gasteiger partial charge in [-0.05, 0) is 30.5 Å². The van der Waals surface area contributed by atoms with Gasteiger partial charge in [0.05, 0.1) is 10.9 Å². The van der Waals surface area contributed by atoms with Crippen LogP contribution in [0.3, 0.4) is 0 Å². The van der Waals surface area contributed by atoms with Crippen molar-refractivity contribution in [1.82, 2.24) is 14.3 Å². The number of fused-ring (bicyclic) bond motifs is 1. The van der Waals surface area contributed by atoms with E-state index in [9.17, 15) is 18.0 Å². The van der Waals surface area contributed by atoms with E-state index in [1.54, 1.807) is 42.6 Å². The second kappa shape index (κ2) is 7.59. The molecule has 0 spiro atoms. The zero-order valence-electron chi connectivity index (χ0n) is 14.6. The van der Waals surface area contributed by atoms with Crippen molar-refractivity contribution in [3.63, 3.8) is 0 Å². The van der Waals surface area contributed by atoms with Crippen LogP contribution in [0, 0.1) is 0 Å². The third-order valence-corrected chi connectivity index (χ3v) is 7.01. The van der Waals surface area contributed by atoms with Crippen LogP contribution in [0.25, 0.3) is 10.9 Å². The Morgan fingerprint density at radius 2 is 2.04 bits per heavy atom. The van der Waals surface area contributed by atoms with Crippen molar-refractivity contribution in [2.24, 2.45) is 0 Å². The van der Waals surface area contributed by atoms with Gasteiger partial charge in [0.1, 0.15) is 10.8 Å². The number of esters is 1. The summed E-state index contributed by atoms with van der Waals surface area (Å²) in [5.41, 5.74) is 0.146. The first-order chi connectivity index (χ1) is 12.8. The molecular formula is C17H17N3O5S2. The summed E-state index contributed by atoms with van der Waals surface area (Å²) in [5.74, 6) is -0.559. The Hall–Kier alpha value is -2.56. The third kappa shape index (κ3) is 4.07. The number of nitrogens with zero attached hydrogens (tertiary/aromatic N) is 2. The number of rotatable bonds is 6. The van der Waals surface area contributed by atoms with Crippen molar-refractivity contribution in [3.8, 4) is 0 Å². The van der Waals surface area contributed by atoms with E-state index in [2.05, 4.69) is 9.97 Å². The summed E-state index contributed by atoms with van der Waals surface area (Å²) in [7, 11) is -2.45. The largest absolute Gasteiger partial charge is 0.454 e. The lowest BCUT2D eigenvalue weighted by atomic mass is 10.2. The van der Waals surface area contributed by atoms with Crippen LogP contribution >= 0.6 is 11.3 Å². The van der Waals surface area contributed by atoms with Crippen molar-refractivity contribution < 1.29 is 17.9 Å². The van der Waals surface area contributed by atoms with E-state index in [-0.39, 0.29) is 15.6 Å². The quantitative estimate of drug-likeness (QED) is 0.625. The van der Waals surface area contributed by atoms with Crippen LogP contribution in [0.15, 0.2) is 50.8 Å². The van der Waals surface area contributed by atoms with E-state index in [0.717, 1.165) is 15.6 Å². The molecule has 2 aromatic heterocycles. The Morgan fingerprint density at radius 1 is 1.30 bits per heavy atom. The van der Waals surface area contributed by atoms with E-state index in [1.807, 2.05) is 0 Å². The first-order valence-electron chi connectivity index (χ1n) is 7.97. The first kappa shape index (κ1) is 19.2. The number of hydrogen-bond acceptors (Lipinski definition) is 7. The number of likely N-dealkylation sites (N-methyl/N-ethyl adjacent to an activating group) is 1. The predicted octanol–water partition coefficient (Wildman–Crippen LogP) is 1.91. The van der Waals surface area contributed by atoms with E-state index in [1.165, 1.54) is 13.1 Å². The maximum atomic E-state index is 12.3. The highest BCUT2D eigenvalue weighted by Crippen LogP contribution is 2.20. The van der Waals surface area contributed by atoms with Gasteiger partial charge < -0.3 is 9.72 Å². The van der Waals surface area contributed by atoms with Crippen LogP contribution in [-0.2, 0) is 19.6 Å². The molecule has 0 radical (unpaired) electrons. The lowest BCUT2D eigenvalue weighted by molar-refractivity contribution is -0.148. The number of benzene rings is 1. The number of nitrogens with one attached hydrogen (secondary N) is 1. The SMILES string of the molecule is CC(OC(=O)CN(C)S(=O)(=O)c1cccs1)c1nc2ccccc2c(=O)[nH]1. The molecule has 10 heteroatoms. The highest BCUT2D eigenvalue weighted by atomic mass is 32.2. The van der Waals surface area contributed by atoms with Gasteiger partial charge in [-0.1, -0.05) is 18.2 Å². The molecule has 1 N–H and O–H groups in total. The van der Waals surface area contributed by atoms with Crippen molar-refractivity contribution >= 4 is 38.2 Å². The van der Waals surface area contributed by atoms with Gasteiger partial charge in [-0.3, -0.25) is 9.59 Å². The van der Waals surface area contributed by atoms with E-state index in [4.69, 9.17) is 4.74 Å². The average Bonchev–Trinajstić information content (AvgIpc) is 3.17. The Labute approximate surface area is 159 Å². The van der Waals surface area contributed by atoms with Gasteiger partial charge in [0, 0.05) is 7.05 Å². The molecule has 0 fully saturated rings. The fourth-order valence-electron chi connectivity index (χ4n) is 2.42. The number of carbonyl (C=O) groups is 1. The third-order valence-electron chi connectivity index (χ3n) is 3.84. The average molecular weight is 407 g/mol. The van der Waals surface area contributed by atoms with Gasteiger partial charge in [-0.25, -0.2) is 13.4 Å². The van der Waals surface area contributed by atoms with Gasteiger partial charge >= 0.3 is 5.97 Å². The summed E-state index contributed by atoms with van der Waals surface area (Å²) >= 11 is 1.07. The number of carbonyl (C=O) groups excluding carboxylic acids is 1. The molecule has 1 atom stereocenters. The second-order valence-electron chi connectivity index (χ2n) is 5.79. The minimum absolute atomic E-state index is 0.145. The lowest BCUT2D eigenvalue weighted by Crippen LogP contribution is -2.33. The molecular weight excluding hydrogens is 390 g/mol. The lowest BCUT2D eigenvalue weighted by Gasteiger charge is -2.17. The molecule has 0 bridgehead atoms. The molecule has 3 aromatic rings. The van der Waals surface area contributed by atoms with E-state index in [0.29, 0.717) is 10.9 Å². The van der Waals surface area contributed by atoms with Crippen molar-refractivity contribution in [2.75, 3.05) is 13.6 Å². The highest BCUT2D eigenvalue weighted by Gasteiger charge is 2.25. The summed E-state index contributed by atoms with van der Waals surface area (Å²) in [4.78, 5) is 31.1. The van der Waals surface area contributed by atoms with Gasteiger partial charge in [0.2, 0.25) is 0 Å². The monoisotopic (exact) mass is 407 g/mol. The van der Waals surface area contributed by atoms with Gasteiger partial charge in [0.25, 0.3) is 15.6 Å². The zero-order chi connectivity index (χ0) is 19.6. The molecule has 1 unspecified atom stereocenters. The molecule has 8 nitrogen and oxygen atoms in total. The number of aromatic nitrogens is 2. The van der Waals surface area contributed by atoms with Gasteiger partial charge in [0.15, 0.2) is 11.9 Å². The molecule has 0 saturated carbocycles. The summed E-state index contributed by atoms with van der Waals surface area (Å²) in [5, 5.41) is 2.07. The van der Waals surface area contributed by atoms with Gasteiger partial charge in [-0.15, -0.1) is 11.3 Å². The first-order valence-corrected chi connectivity index (χ1v) is 10.3. The number of H-pyrrole nitrogens is 1. The maximum Gasteiger partial charge on any atom is 0.321 e. The van der Waals surface area contributed by atoms with Crippen LogP contribution in [0.1, 0.15) is 18.9 Å². The number of thiophene rings is 1. The number of ether oxygens (including phenoxy) is 1. The number of para-hydroxylation sites is 1. The van der Waals surface area contributed by atoms with Crippen LogP contribution in [0.4, 0.5) is 0 Å². The highest BCUT2D eigenvalue weighted by molar-refractivity contribution is 7.91. The van der Waals surface area contributed by atoms with Crippen LogP contribution in [0.5, 0.6) is 0 Å². The fraction of sp³-hybridized carbons (Fsp3) is 0.235.